The van der Waals surface area contributed by atoms with Crippen molar-refractivity contribution in [1.82, 2.24) is 0 Å². The van der Waals surface area contributed by atoms with Crippen LogP contribution < -0.4 is 4.57 Å². The summed E-state index contributed by atoms with van der Waals surface area (Å²) in [5, 5.41) is 1.11. The topological polar surface area (TPSA) is 17.0 Å². The van der Waals surface area contributed by atoms with E-state index in [2.05, 4.69) is 7.05 Å². The van der Waals surface area contributed by atoms with E-state index in [1.165, 1.54) is 0 Å². The van der Waals surface area contributed by atoms with Crippen molar-refractivity contribution in [2.45, 2.75) is 0 Å². The average molecular weight is 133 g/mol. The highest BCUT2D eigenvalue weighted by atomic mass is 16.3. The summed E-state index contributed by atoms with van der Waals surface area (Å²) in [6.07, 6.45) is 5.40. The first-order valence-electron chi connectivity index (χ1n) is 3.06. The van der Waals surface area contributed by atoms with Crippen LogP contribution >= 0.6 is 0 Å². The molecule has 0 saturated heterocycles. The molecule has 0 aliphatic heterocycles. The summed E-state index contributed by atoms with van der Waals surface area (Å²) in [7, 11) is 3.71. The van der Waals surface area contributed by atoms with E-state index in [-0.39, 0.29) is 0 Å². The SMILES string of the molecule is [CH2][n+]1ccc2ccoc2c1. The van der Waals surface area contributed by atoms with Gasteiger partial charge in [0.2, 0.25) is 13.2 Å². The molecule has 0 spiro atoms. The molecular formula is C8H7NO+. The lowest BCUT2D eigenvalue weighted by Gasteiger charge is -1.83. The summed E-state index contributed by atoms with van der Waals surface area (Å²) >= 11 is 0. The van der Waals surface area contributed by atoms with Crippen molar-refractivity contribution in [2.24, 2.45) is 0 Å². The average Bonchev–Trinajstić information content (AvgIpc) is 2.33. The smallest absolute Gasteiger partial charge is 0.212 e. The third-order valence-corrected chi connectivity index (χ3v) is 1.46. The number of hydrogen-bond acceptors (Lipinski definition) is 1. The molecule has 49 valence electrons. The second-order valence-electron chi connectivity index (χ2n) is 2.20. The fourth-order valence-electron chi connectivity index (χ4n) is 0.943. The van der Waals surface area contributed by atoms with Crippen LogP contribution in [-0.2, 0) is 0 Å². The van der Waals surface area contributed by atoms with E-state index < -0.39 is 0 Å². The van der Waals surface area contributed by atoms with Crippen molar-refractivity contribution in [2.75, 3.05) is 0 Å². The van der Waals surface area contributed by atoms with E-state index in [1.54, 1.807) is 10.8 Å². The van der Waals surface area contributed by atoms with Gasteiger partial charge in [0.25, 0.3) is 0 Å². The van der Waals surface area contributed by atoms with Crippen LogP contribution in [0.25, 0.3) is 11.0 Å². The van der Waals surface area contributed by atoms with Gasteiger partial charge in [-0.2, -0.15) is 4.57 Å². The first-order valence-corrected chi connectivity index (χ1v) is 3.06. The Morgan fingerprint density at radius 1 is 1.40 bits per heavy atom. The molecule has 0 unspecified atom stereocenters. The number of aromatic nitrogens is 1. The monoisotopic (exact) mass is 133 g/mol. The number of furan rings is 1. The van der Waals surface area contributed by atoms with Crippen molar-refractivity contribution in [3.63, 3.8) is 0 Å². The Morgan fingerprint density at radius 3 is 3.20 bits per heavy atom. The van der Waals surface area contributed by atoms with Crippen LogP contribution in [0.5, 0.6) is 0 Å². The van der Waals surface area contributed by atoms with Crippen molar-refractivity contribution in [1.29, 1.82) is 0 Å². The Hall–Kier alpha value is -1.31. The van der Waals surface area contributed by atoms with Crippen molar-refractivity contribution < 1.29 is 8.98 Å². The molecule has 0 aliphatic carbocycles. The van der Waals surface area contributed by atoms with E-state index in [1.807, 2.05) is 24.5 Å². The molecule has 0 aliphatic rings. The maximum Gasteiger partial charge on any atom is 0.212 e. The molecule has 0 atom stereocenters. The molecule has 2 nitrogen and oxygen atoms in total. The molecule has 1 radical (unpaired) electrons. The van der Waals surface area contributed by atoms with Crippen LogP contribution in [0, 0.1) is 7.05 Å². The lowest BCUT2D eigenvalue weighted by Crippen LogP contribution is -2.22. The molecule has 2 heterocycles. The molecule has 0 bridgehead atoms. The summed E-state index contributed by atoms with van der Waals surface area (Å²) in [4.78, 5) is 0. The van der Waals surface area contributed by atoms with E-state index in [0.717, 1.165) is 11.0 Å². The molecule has 10 heavy (non-hydrogen) atoms. The zero-order chi connectivity index (χ0) is 6.97. The fraction of sp³-hybridized carbons (Fsp3) is 0. The molecule has 0 N–H and O–H groups in total. The molecule has 2 aromatic heterocycles. The van der Waals surface area contributed by atoms with Gasteiger partial charge in [0.1, 0.15) is 0 Å². The van der Waals surface area contributed by atoms with Crippen LogP contribution in [-0.4, -0.2) is 0 Å². The largest absolute Gasteiger partial charge is 0.458 e. The third kappa shape index (κ3) is 0.692. The predicted molar refractivity (Wildman–Crippen MR) is 37.2 cm³/mol. The standard InChI is InChI=1S/C8H7NO/c1-9-4-2-7-3-5-10-8(7)6-9/h2-6H,1H2/q+1. The van der Waals surface area contributed by atoms with Crippen LogP contribution in [0.2, 0.25) is 0 Å². The predicted octanol–water partition coefficient (Wildman–Crippen LogP) is 1.36. The van der Waals surface area contributed by atoms with Crippen LogP contribution in [0.4, 0.5) is 0 Å². The number of pyridine rings is 1. The molecule has 0 amide bonds. The van der Waals surface area contributed by atoms with Gasteiger partial charge in [-0.25, -0.2) is 0 Å². The van der Waals surface area contributed by atoms with E-state index in [4.69, 9.17) is 4.42 Å². The number of nitrogens with zero attached hydrogens (tertiary/aromatic N) is 1. The summed E-state index contributed by atoms with van der Waals surface area (Å²) < 4.78 is 6.85. The van der Waals surface area contributed by atoms with Gasteiger partial charge in [-0.3, -0.25) is 0 Å². The molecule has 2 rings (SSSR count). The summed E-state index contributed by atoms with van der Waals surface area (Å²) in [5.74, 6) is 0. The minimum Gasteiger partial charge on any atom is -0.458 e. The van der Waals surface area contributed by atoms with Gasteiger partial charge in [-0.15, -0.1) is 0 Å². The fourth-order valence-corrected chi connectivity index (χ4v) is 0.943. The number of rotatable bonds is 0. The highest BCUT2D eigenvalue weighted by Crippen LogP contribution is 2.10. The lowest BCUT2D eigenvalue weighted by molar-refractivity contribution is -0.611. The molecule has 2 aromatic rings. The molecular weight excluding hydrogens is 126 g/mol. The number of hydrogen-bond donors (Lipinski definition) is 0. The summed E-state index contributed by atoms with van der Waals surface area (Å²) in [5.41, 5.74) is 0.873. The Morgan fingerprint density at radius 2 is 2.30 bits per heavy atom. The summed E-state index contributed by atoms with van der Waals surface area (Å²) in [6, 6.07) is 3.89. The van der Waals surface area contributed by atoms with Gasteiger partial charge in [-0.1, -0.05) is 0 Å². The molecule has 0 aromatic carbocycles. The van der Waals surface area contributed by atoms with Crippen LogP contribution in [0.15, 0.2) is 35.2 Å². The Balaban J connectivity index is 2.86. The van der Waals surface area contributed by atoms with Crippen molar-refractivity contribution >= 4 is 11.0 Å². The summed E-state index contributed by atoms with van der Waals surface area (Å²) in [6.45, 7) is 0. The maximum absolute atomic E-state index is 5.14. The minimum atomic E-state index is 0.873. The second kappa shape index (κ2) is 1.84. The molecule has 0 fully saturated rings. The van der Waals surface area contributed by atoms with Gasteiger partial charge in [-0.05, 0) is 6.07 Å². The molecule has 2 heteroatoms. The van der Waals surface area contributed by atoms with E-state index in [9.17, 15) is 0 Å². The Kier molecular flexibility index (Phi) is 1.01. The number of fused-ring (bicyclic) bond motifs is 1. The van der Waals surface area contributed by atoms with E-state index in [0.29, 0.717) is 0 Å². The normalized spacial score (nSPS) is 10.5. The van der Waals surface area contributed by atoms with Crippen LogP contribution in [0.1, 0.15) is 0 Å². The van der Waals surface area contributed by atoms with E-state index >= 15 is 0 Å². The van der Waals surface area contributed by atoms with Crippen molar-refractivity contribution in [3.05, 3.63) is 37.8 Å². The highest BCUT2D eigenvalue weighted by Gasteiger charge is 1.99. The zero-order valence-corrected chi connectivity index (χ0v) is 5.45. The zero-order valence-electron chi connectivity index (χ0n) is 5.45. The minimum absolute atomic E-state index is 0.873. The van der Waals surface area contributed by atoms with Gasteiger partial charge in [0.05, 0.1) is 6.26 Å². The van der Waals surface area contributed by atoms with Gasteiger partial charge in [0.15, 0.2) is 11.8 Å². The Bertz CT molecular complexity index is 351. The Labute approximate surface area is 58.7 Å². The van der Waals surface area contributed by atoms with Gasteiger partial charge >= 0.3 is 0 Å². The quantitative estimate of drug-likeness (QED) is 0.496. The second-order valence-corrected chi connectivity index (χ2v) is 2.20. The van der Waals surface area contributed by atoms with Crippen molar-refractivity contribution in [3.8, 4) is 0 Å². The molecule has 0 saturated carbocycles. The van der Waals surface area contributed by atoms with Crippen LogP contribution in [0.3, 0.4) is 0 Å². The lowest BCUT2D eigenvalue weighted by atomic mass is 10.3. The first kappa shape index (κ1) is 5.47. The first-order chi connectivity index (χ1) is 4.86. The third-order valence-electron chi connectivity index (χ3n) is 1.46. The van der Waals surface area contributed by atoms with Gasteiger partial charge < -0.3 is 4.42 Å². The maximum atomic E-state index is 5.14. The van der Waals surface area contributed by atoms with Gasteiger partial charge in [0, 0.05) is 11.5 Å². The highest BCUT2D eigenvalue weighted by molar-refractivity contribution is 5.74.